The van der Waals surface area contributed by atoms with Crippen LogP contribution in [-0.4, -0.2) is 19.5 Å². The lowest BCUT2D eigenvalue weighted by molar-refractivity contribution is 0.670. The Kier molecular flexibility index (Phi) is 7.42. The molecular formula is C51H32N4O. The summed E-state index contributed by atoms with van der Waals surface area (Å²) in [5.74, 6) is 1.91. The molecule has 11 aromatic rings. The van der Waals surface area contributed by atoms with E-state index in [4.69, 9.17) is 19.4 Å². The number of benzene rings is 8. The maximum atomic E-state index is 6.65. The summed E-state index contributed by atoms with van der Waals surface area (Å²) in [6, 6.07) is 67.5. The molecule has 0 unspecified atom stereocenters. The maximum Gasteiger partial charge on any atom is 0.164 e. The van der Waals surface area contributed by atoms with Gasteiger partial charge >= 0.3 is 0 Å². The van der Waals surface area contributed by atoms with Gasteiger partial charge in [-0.15, -0.1) is 0 Å². The van der Waals surface area contributed by atoms with Crippen molar-refractivity contribution in [1.29, 1.82) is 0 Å². The maximum absolute atomic E-state index is 6.65. The Morgan fingerprint density at radius 1 is 0.339 bits per heavy atom. The van der Waals surface area contributed by atoms with Gasteiger partial charge in [0.15, 0.2) is 17.5 Å². The summed E-state index contributed by atoms with van der Waals surface area (Å²) < 4.78 is 9.02. The molecule has 56 heavy (non-hydrogen) atoms. The molecule has 0 saturated heterocycles. The van der Waals surface area contributed by atoms with Gasteiger partial charge in [-0.2, -0.15) is 0 Å². The highest BCUT2D eigenvalue weighted by atomic mass is 16.3. The van der Waals surface area contributed by atoms with Crippen molar-refractivity contribution in [3.63, 3.8) is 0 Å². The summed E-state index contributed by atoms with van der Waals surface area (Å²) in [5, 5.41) is 4.62. The van der Waals surface area contributed by atoms with Crippen LogP contribution in [0, 0.1) is 0 Å². The Labute approximate surface area is 322 Å². The van der Waals surface area contributed by atoms with Gasteiger partial charge in [-0.25, -0.2) is 15.0 Å². The van der Waals surface area contributed by atoms with Crippen LogP contribution in [0.2, 0.25) is 0 Å². The molecule has 0 radical (unpaired) electrons. The fraction of sp³-hybridized carbons (Fsp3) is 0. The largest absolute Gasteiger partial charge is 0.455 e. The molecule has 0 spiro atoms. The van der Waals surface area contributed by atoms with Crippen molar-refractivity contribution >= 4 is 43.7 Å². The standard InChI is InChI=1S/C51H32N4O/c1-4-13-33(14-5-1)38-27-29-46-43(31-38)41-19-10-11-22-45(41)55(46)39-28-30-47-44(32-39)42-21-12-20-40(48(42)56-47)34-23-25-37(26-24-34)51-53-49(35-15-6-2-7-16-35)52-50(54-51)36-17-8-3-9-18-36/h1-32H. The van der Waals surface area contributed by atoms with Gasteiger partial charge in [-0.1, -0.05) is 158 Å². The van der Waals surface area contributed by atoms with E-state index in [1.54, 1.807) is 0 Å². The molecule has 8 aromatic carbocycles. The quantitative estimate of drug-likeness (QED) is 0.172. The van der Waals surface area contributed by atoms with Crippen molar-refractivity contribution < 1.29 is 4.42 Å². The highest BCUT2D eigenvalue weighted by Gasteiger charge is 2.18. The molecule has 0 aliphatic carbocycles. The fourth-order valence-corrected chi connectivity index (χ4v) is 7.95. The van der Waals surface area contributed by atoms with Gasteiger partial charge in [0.1, 0.15) is 11.2 Å². The van der Waals surface area contributed by atoms with E-state index in [1.807, 2.05) is 60.7 Å². The van der Waals surface area contributed by atoms with Crippen LogP contribution in [0.1, 0.15) is 0 Å². The molecule has 0 fully saturated rings. The zero-order chi connectivity index (χ0) is 37.0. The second kappa shape index (κ2) is 13.0. The minimum Gasteiger partial charge on any atom is -0.455 e. The molecule has 0 atom stereocenters. The summed E-state index contributed by atoms with van der Waals surface area (Å²) in [7, 11) is 0. The van der Waals surface area contributed by atoms with Crippen molar-refractivity contribution in [2.24, 2.45) is 0 Å². The van der Waals surface area contributed by atoms with Crippen molar-refractivity contribution in [2.75, 3.05) is 0 Å². The van der Waals surface area contributed by atoms with E-state index in [1.165, 1.54) is 32.9 Å². The number of nitrogens with zero attached hydrogens (tertiary/aromatic N) is 4. The van der Waals surface area contributed by atoms with Gasteiger partial charge in [0.05, 0.1) is 11.0 Å². The third kappa shape index (κ3) is 5.37. The van der Waals surface area contributed by atoms with Crippen molar-refractivity contribution in [1.82, 2.24) is 19.5 Å². The molecular weight excluding hydrogens is 685 g/mol. The first kappa shape index (κ1) is 31.9. The molecule has 5 heteroatoms. The molecule has 5 nitrogen and oxygen atoms in total. The Bertz CT molecular complexity index is 3160. The number of fused-ring (bicyclic) bond motifs is 6. The van der Waals surface area contributed by atoms with E-state index in [0.717, 1.165) is 55.4 Å². The predicted molar refractivity (Wildman–Crippen MR) is 229 cm³/mol. The molecule has 3 heterocycles. The van der Waals surface area contributed by atoms with Crippen molar-refractivity contribution in [3.05, 3.63) is 194 Å². The normalized spacial score (nSPS) is 11.6. The van der Waals surface area contributed by atoms with Gasteiger partial charge in [0.2, 0.25) is 0 Å². The summed E-state index contributed by atoms with van der Waals surface area (Å²) in [5.41, 5.74) is 12.5. The molecule has 0 amide bonds. The first-order valence-corrected chi connectivity index (χ1v) is 18.8. The summed E-state index contributed by atoms with van der Waals surface area (Å²) in [6.07, 6.45) is 0. The zero-order valence-corrected chi connectivity index (χ0v) is 30.2. The van der Waals surface area contributed by atoms with Crippen LogP contribution in [-0.2, 0) is 0 Å². The average molecular weight is 717 g/mol. The molecule has 3 aromatic heterocycles. The first-order valence-electron chi connectivity index (χ1n) is 18.8. The van der Waals surface area contributed by atoms with E-state index in [0.29, 0.717) is 17.5 Å². The van der Waals surface area contributed by atoms with Crippen molar-refractivity contribution in [3.8, 4) is 62.1 Å². The summed E-state index contributed by atoms with van der Waals surface area (Å²) in [6.45, 7) is 0. The third-order valence-corrected chi connectivity index (χ3v) is 10.7. The van der Waals surface area contributed by atoms with E-state index < -0.39 is 0 Å². The Morgan fingerprint density at radius 3 is 1.55 bits per heavy atom. The van der Waals surface area contributed by atoms with Crippen LogP contribution in [0.25, 0.3) is 106 Å². The van der Waals surface area contributed by atoms with Crippen LogP contribution in [0.4, 0.5) is 0 Å². The van der Waals surface area contributed by atoms with Gasteiger partial charge in [-0.3, -0.25) is 0 Å². The monoisotopic (exact) mass is 716 g/mol. The first-order chi connectivity index (χ1) is 27.7. The van der Waals surface area contributed by atoms with Crippen LogP contribution in [0.15, 0.2) is 199 Å². The average Bonchev–Trinajstić information content (AvgIpc) is 3.82. The van der Waals surface area contributed by atoms with E-state index in [9.17, 15) is 0 Å². The topological polar surface area (TPSA) is 56.7 Å². The minimum absolute atomic E-state index is 0.625. The Hall–Kier alpha value is -7.63. The number of hydrogen-bond acceptors (Lipinski definition) is 4. The summed E-state index contributed by atoms with van der Waals surface area (Å²) in [4.78, 5) is 14.7. The van der Waals surface area contributed by atoms with Gasteiger partial charge in [0, 0.05) is 49.5 Å². The molecule has 0 saturated carbocycles. The zero-order valence-electron chi connectivity index (χ0n) is 30.2. The second-order valence-electron chi connectivity index (χ2n) is 14.0. The van der Waals surface area contributed by atoms with Crippen molar-refractivity contribution in [2.45, 2.75) is 0 Å². The summed E-state index contributed by atoms with van der Waals surface area (Å²) >= 11 is 0. The van der Waals surface area contributed by atoms with E-state index in [-0.39, 0.29) is 0 Å². The number of hydrogen-bond donors (Lipinski definition) is 0. The lowest BCUT2D eigenvalue weighted by atomic mass is 10.0. The molecule has 262 valence electrons. The van der Waals surface area contributed by atoms with E-state index in [2.05, 4.69) is 138 Å². The predicted octanol–water partition coefficient (Wildman–Crippen LogP) is 13.2. The number of rotatable bonds is 6. The van der Waals surface area contributed by atoms with E-state index >= 15 is 0 Å². The lowest BCUT2D eigenvalue weighted by Gasteiger charge is -2.09. The molecule has 0 N–H and O–H groups in total. The van der Waals surface area contributed by atoms with Gasteiger partial charge in [-0.05, 0) is 53.1 Å². The highest BCUT2D eigenvalue weighted by Crippen LogP contribution is 2.40. The van der Waals surface area contributed by atoms with Crippen LogP contribution >= 0.6 is 0 Å². The Balaban J connectivity index is 0.992. The SMILES string of the molecule is c1ccc(-c2ccc3c(c2)c2ccccc2n3-c2ccc3oc4c(-c5ccc(-c6nc(-c7ccccc7)nc(-c7ccccc7)n6)cc5)cccc4c3c2)cc1. The van der Waals surface area contributed by atoms with Crippen LogP contribution in [0.5, 0.6) is 0 Å². The number of furan rings is 1. The van der Waals surface area contributed by atoms with Crippen LogP contribution in [0.3, 0.4) is 0 Å². The molecule has 0 aliphatic heterocycles. The minimum atomic E-state index is 0.625. The smallest absolute Gasteiger partial charge is 0.164 e. The van der Waals surface area contributed by atoms with Crippen LogP contribution < -0.4 is 0 Å². The fourth-order valence-electron chi connectivity index (χ4n) is 7.95. The molecule has 0 bridgehead atoms. The number of para-hydroxylation sites is 2. The molecule has 11 rings (SSSR count). The highest BCUT2D eigenvalue weighted by molar-refractivity contribution is 6.12. The number of aromatic nitrogens is 4. The third-order valence-electron chi connectivity index (χ3n) is 10.7. The second-order valence-corrected chi connectivity index (χ2v) is 14.0. The lowest BCUT2D eigenvalue weighted by Crippen LogP contribution is -2.00. The van der Waals surface area contributed by atoms with Gasteiger partial charge < -0.3 is 8.98 Å². The van der Waals surface area contributed by atoms with Gasteiger partial charge in [0.25, 0.3) is 0 Å². The Morgan fingerprint density at radius 2 is 0.875 bits per heavy atom. The molecule has 0 aliphatic rings.